The molecule has 0 saturated carbocycles. The molecule has 1 N–H and O–H groups in total. The predicted molar refractivity (Wildman–Crippen MR) is 67.8 cm³/mol. The first-order valence-electron chi connectivity index (χ1n) is 5.42. The van der Waals surface area contributed by atoms with Gasteiger partial charge in [-0.15, -0.1) is 11.6 Å². The van der Waals surface area contributed by atoms with Gasteiger partial charge >= 0.3 is 0 Å². The maximum atomic E-state index is 12.2. The molecule has 0 spiro atoms. The zero-order chi connectivity index (χ0) is 13.2. The van der Waals surface area contributed by atoms with Crippen LogP contribution < -0.4 is 4.72 Å². The normalized spacial score (nSPS) is 13.9. The molecule has 1 rings (SSSR count). The topological polar surface area (TPSA) is 64.0 Å². The highest BCUT2D eigenvalue weighted by Gasteiger charge is 2.25. The molecule has 7 heteroatoms. The number of nitrogens with zero attached hydrogens (tertiary/aromatic N) is 2. The number of sulfonamides is 1. The summed E-state index contributed by atoms with van der Waals surface area (Å²) in [5, 5.41) is 4.10. The number of hydrogen-bond donors (Lipinski definition) is 1. The number of alkyl halides is 1. The Labute approximate surface area is 107 Å². The van der Waals surface area contributed by atoms with E-state index in [0.29, 0.717) is 17.8 Å². The number of halogens is 1. The van der Waals surface area contributed by atoms with E-state index >= 15 is 0 Å². The van der Waals surface area contributed by atoms with Crippen LogP contribution in [0.3, 0.4) is 0 Å². The lowest BCUT2D eigenvalue weighted by atomic mass is 10.3. The fraction of sp³-hybridized carbons (Fsp3) is 0.700. The first-order valence-corrected chi connectivity index (χ1v) is 7.43. The van der Waals surface area contributed by atoms with E-state index in [0.717, 1.165) is 0 Å². The summed E-state index contributed by atoms with van der Waals surface area (Å²) in [6.07, 6.45) is 0.654. The van der Waals surface area contributed by atoms with Gasteiger partial charge in [0.2, 0.25) is 10.0 Å². The van der Waals surface area contributed by atoms with Crippen LogP contribution in [0, 0.1) is 13.8 Å². The molecule has 1 atom stereocenters. The third-order valence-electron chi connectivity index (χ3n) is 2.71. The molecule has 0 aromatic carbocycles. The summed E-state index contributed by atoms with van der Waals surface area (Å²) in [7, 11) is -1.82. The molecule has 1 aromatic heterocycles. The van der Waals surface area contributed by atoms with Gasteiger partial charge in [0.05, 0.1) is 11.4 Å². The fourth-order valence-corrected chi connectivity index (χ4v) is 3.79. The number of aromatic nitrogens is 2. The van der Waals surface area contributed by atoms with Crippen molar-refractivity contribution in [2.24, 2.45) is 7.05 Å². The Kier molecular flexibility index (Phi) is 4.57. The molecule has 0 aliphatic rings. The molecule has 5 nitrogen and oxygen atoms in total. The van der Waals surface area contributed by atoms with Crippen molar-refractivity contribution in [1.29, 1.82) is 0 Å². The lowest BCUT2D eigenvalue weighted by molar-refractivity contribution is 0.556. The van der Waals surface area contributed by atoms with Gasteiger partial charge in [-0.3, -0.25) is 4.68 Å². The molecule has 0 aliphatic heterocycles. The summed E-state index contributed by atoms with van der Waals surface area (Å²) in [6.45, 7) is 5.30. The maximum Gasteiger partial charge on any atom is 0.244 e. The van der Waals surface area contributed by atoms with Gasteiger partial charge in [0.25, 0.3) is 0 Å². The monoisotopic (exact) mass is 279 g/mol. The number of rotatable bonds is 5. The quantitative estimate of drug-likeness (QED) is 0.827. The second kappa shape index (κ2) is 5.37. The number of aryl methyl sites for hydroxylation is 2. The Hall–Kier alpha value is -0.590. The summed E-state index contributed by atoms with van der Waals surface area (Å²) >= 11 is 5.70. The summed E-state index contributed by atoms with van der Waals surface area (Å²) < 4.78 is 28.5. The van der Waals surface area contributed by atoms with Crippen LogP contribution in [0.2, 0.25) is 0 Å². The Balaban J connectivity index is 3.13. The van der Waals surface area contributed by atoms with Gasteiger partial charge in [0.1, 0.15) is 4.90 Å². The van der Waals surface area contributed by atoms with Gasteiger partial charge in [-0.25, -0.2) is 13.1 Å². The van der Waals surface area contributed by atoms with Gasteiger partial charge in [-0.2, -0.15) is 5.10 Å². The van der Waals surface area contributed by atoms with Crippen molar-refractivity contribution >= 4 is 21.6 Å². The predicted octanol–water partition coefficient (Wildman–Crippen LogP) is 1.33. The second-order valence-corrected chi connectivity index (χ2v) is 5.96. The smallest absolute Gasteiger partial charge is 0.244 e. The first kappa shape index (κ1) is 14.5. The van der Waals surface area contributed by atoms with E-state index in [4.69, 9.17) is 11.6 Å². The van der Waals surface area contributed by atoms with Gasteiger partial charge < -0.3 is 0 Å². The van der Waals surface area contributed by atoms with Crippen molar-refractivity contribution in [2.45, 2.75) is 38.1 Å². The van der Waals surface area contributed by atoms with Crippen LogP contribution in [0.15, 0.2) is 4.90 Å². The van der Waals surface area contributed by atoms with Crippen molar-refractivity contribution < 1.29 is 8.42 Å². The van der Waals surface area contributed by atoms with Gasteiger partial charge in [-0.1, -0.05) is 6.92 Å². The molecule has 0 aliphatic carbocycles. The minimum atomic E-state index is -3.54. The lowest BCUT2D eigenvalue weighted by Crippen LogP contribution is -2.36. The van der Waals surface area contributed by atoms with Gasteiger partial charge in [0, 0.05) is 19.0 Å². The van der Waals surface area contributed by atoms with E-state index in [-0.39, 0.29) is 16.8 Å². The van der Waals surface area contributed by atoms with Crippen LogP contribution in [0.4, 0.5) is 0 Å². The van der Waals surface area contributed by atoms with Crippen LogP contribution >= 0.6 is 11.6 Å². The van der Waals surface area contributed by atoms with E-state index < -0.39 is 10.0 Å². The van der Waals surface area contributed by atoms with Gasteiger partial charge in [-0.05, 0) is 20.3 Å². The molecule has 0 saturated heterocycles. The van der Waals surface area contributed by atoms with E-state index in [2.05, 4.69) is 9.82 Å². The minimum Gasteiger partial charge on any atom is -0.271 e. The van der Waals surface area contributed by atoms with Crippen LogP contribution in [0.1, 0.15) is 24.7 Å². The molecule has 1 unspecified atom stereocenters. The molecular formula is C10H18ClN3O2S. The minimum absolute atomic E-state index is 0.249. The van der Waals surface area contributed by atoms with E-state index in [1.807, 2.05) is 6.92 Å². The van der Waals surface area contributed by atoms with Crippen LogP contribution in [0.25, 0.3) is 0 Å². The van der Waals surface area contributed by atoms with Crippen molar-refractivity contribution in [1.82, 2.24) is 14.5 Å². The molecule has 0 amide bonds. The highest BCUT2D eigenvalue weighted by molar-refractivity contribution is 7.89. The fourth-order valence-electron chi connectivity index (χ4n) is 1.65. The van der Waals surface area contributed by atoms with Crippen molar-refractivity contribution in [3.63, 3.8) is 0 Å². The lowest BCUT2D eigenvalue weighted by Gasteiger charge is -2.14. The molecule has 1 aromatic rings. The third kappa shape index (κ3) is 3.00. The standard InChI is InChI=1S/C10H18ClN3O2S/c1-5-9(6-11)13-17(15,16)10-7(2)12-14(4)8(10)3/h9,13H,5-6H2,1-4H3. The van der Waals surface area contributed by atoms with E-state index in [9.17, 15) is 8.42 Å². The molecule has 0 fully saturated rings. The van der Waals surface area contributed by atoms with E-state index in [1.165, 1.54) is 0 Å². The third-order valence-corrected chi connectivity index (χ3v) is 4.86. The second-order valence-electron chi connectivity index (χ2n) is 4.00. The Morgan fingerprint density at radius 3 is 2.41 bits per heavy atom. The van der Waals surface area contributed by atoms with Crippen LogP contribution in [-0.2, 0) is 17.1 Å². The van der Waals surface area contributed by atoms with Crippen molar-refractivity contribution in [3.8, 4) is 0 Å². The SMILES string of the molecule is CCC(CCl)NS(=O)(=O)c1c(C)nn(C)c1C. The Morgan fingerprint density at radius 1 is 1.47 bits per heavy atom. The van der Waals surface area contributed by atoms with Crippen LogP contribution in [0.5, 0.6) is 0 Å². The van der Waals surface area contributed by atoms with E-state index in [1.54, 1.807) is 25.6 Å². The number of hydrogen-bond acceptors (Lipinski definition) is 3. The maximum absolute atomic E-state index is 12.2. The zero-order valence-electron chi connectivity index (χ0n) is 10.5. The summed E-state index contributed by atoms with van der Waals surface area (Å²) in [4.78, 5) is 0.253. The molecule has 98 valence electrons. The average molecular weight is 280 g/mol. The number of nitrogens with one attached hydrogen (secondary N) is 1. The summed E-state index contributed by atoms with van der Waals surface area (Å²) in [5.74, 6) is 0.258. The molecule has 17 heavy (non-hydrogen) atoms. The average Bonchev–Trinajstić information content (AvgIpc) is 2.50. The molecule has 0 bridgehead atoms. The largest absolute Gasteiger partial charge is 0.271 e. The van der Waals surface area contributed by atoms with Gasteiger partial charge in [0.15, 0.2) is 0 Å². The molecular weight excluding hydrogens is 262 g/mol. The van der Waals surface area contributed by atoms with Crippen molar-refractivity contribution in [2.75, 3.05) is 5.88 Å². The van der Waals surface area contributed by atoms with Crippen molar-refractivity contribution in [3.05, 3.63) is 11.4 Å². The zero-order valence-corrected chi connectivity index (χ0v) is 12.1. The first-order chi connectivity index (χ1) is 7.83. The summed E-state index contributed by atoms with van der Waals surface area (Å²) in [6, 6.07) is -0.249. The molecule has 1 heterocycles. The molecule has 0 radical (unpaired) electrons. The van der Waals surface area contributed by atoms with Crippen LogP contribution in [-0.4, -0.2) is 30.1 Å². The Bertz CT molecular complexity index is 492. The summed E-state index contributed by atoms with van der Waals surface area (Å²) in [5.41, 5.74) is 1.13. The Morgan fingerprint density at radius 2 is 2.06 bits per heavy atom. The highest BCUT2D eigenvalue weighted by Crippen LogP contribution is 2.19. The highest BCUT2D eigenvalue weighted by atomic mass is 35.5.